The number of methoxy groups -OCH3 is 1. The minimum atomic E-state index is -1.81. The Labute approximate surface area is 345 Å². The first-order chi connectivity index (χ1) is 27.5. The zero-order chi connectivity index (χ0) is 43.4. The van der Waals surface area contributed by atoms with E-state index in [2.05, 4.69) is 40.7 Å². The minimum Gasteiger partial charge on any atom is -0.479 e. The second-order valence-corrected chi connectivity index (χ2v) is 20.6. The molecule has 0 spiro atoms. The van der Waals surface area contributed by atoms with Gasteiger partial charge in [-0.3, -0.25) is 9.59 Å². The van der Waals surface area contributed by atoms with Gasteiger partial charge in [0.05, 0.1) is 30.7 Å². The third kappa shape index (κ3) is 6.56. The highest BCUT2D eigenvalue weighted by Crippen LogP contribution is 2.76. The number of carboxylic acids is 1. The smallest absolute Gasteiger partial charge is 0.335 e. The van der Waals surface area contributed by atoms with Crippen molar-refractivity contribution in [3.8, 4) is 0 Å². The highest BCUT2D eigenvalue weighted by Gasteiger charge is 2.70. The van der Waals surface area contributed by atoms with E-state index in [0.29, 0.717) is 44.9 Å². The summed E-state index contributed by atoms with van der Waals surface area (Å²) in [6, 6.07) is 0. The van der Waals surface area contributed by atoms with Crippen molar-refractivity contribution in [1.29, 1.82) is 0 Å². The lowest BCUT2D eigenvalue weighted by atomic mass is 9.33. The van der Waals surface area contributed by atoms with Crippen LogP contribution in [0.5, 0.6) is 0 Å². The van der Waals surface area contributed by atoms with Crippen LogP contribution in [0.4, 0.5) is 0 Å². The van der Waals surface area contributed by atoms with Crippen molar-refractivity contribution in [3.63, 3.8) is 0 Å². The van der Waals surface area contributed by atoms with Crippen molar-refractivity contribution in [2.24, 2.45) is 50.2 Å². The van der Waals surface area contributed by atoms with Gasteiger partial charge in [0.2, 0.25) is 6.29 Å². The Kier molecular flexibility index (Phi) is 11.6. The first-order valence-corrected chi connectivity index (χ1v) is 21.4. The fourth-order valence-electron chi connectivity index (χ4n) is 13.8. The zero-order valence-corrected chi connectivity index (χ0v) is 35.3. The van der Waals surface area contributed by atoms with Crippen LogP contribution in [0.2, 0.25) is 0 Å². The number of hydrogen-bond donors (Lipinski definition) is 8. The molecule has 2 saturated heterocycles. The van der Waals surface area contributed by atoms with Crippen LogP contribution in [-0.4, -0.2) is 140 Å². The maximum atomic E-state index is 14.7. The van der Waals surface area contributed by atoms with Crippen LogP contribution >= 0.6 is 0 Å². The number of allylic oxidation sites excluding steroid dienone is 2. The second kappa shape index (κ2) is 15.2. The number of esters is 2. The summed E-state index contributed by atoms with van der Waals surface area (Å²) < 4.78 is 28.8. The highest BCUT2D eigenvalue weighted by molar-refractivity contribution is 5.81. The molecule has 5 aliphatic carbocycles. The van der Waals surface area contributed by atoms with Gasteiger partial charge in [-0.05, 0) is 111 Å². The minimum absolute atomic E-state index is 0.144. The molecule has 0 bridgehead atoms. The Balaban J connectivity index is 1.19. The first kappa shape index (κ1) is 44.8. The number of fused-ring (bicyclic) bond motifs is 7. The highest BCUT2D eigenvalue weighted by atomic mass is 16.7. The molecule has 4 saturated carbocycles. The number of aliphatic hydroxyl groups excluding tert-OH is 7. The van der Waals surface area contributed by atoms with Crippen molar-refractivity contribution in [1.82, 2.24) is 0 Å². The average Bonchev–Trinajstić information content (AvgIpc) is 3.18. The van der Waals surface area contributed by atoms with Crippen molar-refractivity contribution in [2.75, 3.05) is 13.7 Å². The molecule has 2 heterocycles. The van der Waals surface area contributed by atoms with Gasteiger partial charge in [0.1, 0.15) is 42.7 Å². The topological polar surface area (TPSA) is 259 Å². The fraction of sp³-hybridized carbons (Fsp3) is 0.884. The molecule has 7 aliphatic rings. The monoisotopic (exact) mass is 838 g/mol. The molecule has 0 unspecified atom stereocenters. The lowest BCUT2D eigenvalue weighted by Gasteiger charge is -2.71. The number of aliphatic carboxylic acids is 1. The Morgan fingerprint density at radius 1 is 0.746 bits per heavy atom. The molecule has 2 aliphatic heterocycles. The summed E-state index contributed by atoms with van der Waals surface area (Å²) in [6.07, 6.45) is -8.69. The van der Waals surface area contributed by atoms with E-state index in [4.69, 9.17) is 23.7 Å². The number of carbonyl (C=O) groups is 3. The number of carboxylic acid groups (broad SMARTS) is 1. The first-order valence-electron chi connectivity index (χ1n) is 21.4. The molecule has 0 amide bonds. The third-order valence-electron chi connectivity index (χ3n) is 17.6. The molecule has 59 heavy (non-hydrogen) atoms. The van der Waals surface area contributed by atoms with Crippen LogP contribution < -0.4 is 0 Å². The second-order valence-electron chi connectivity index (χ2n) is 20.6. The molecule has 0 aromatic rings. The molecule has 0 radical (unpaired) electrons. The van der Waals surface area contributed by atoms with Crippen LogP contribution in [0.25, 0.3) is 0 Å². The van der Waals surface area contributed by atoms with Gasteiger partial charge in [-0.2, -0.15) is 0 Å². The number of ether oxygens (including phenoxy) is 5. The van der Waals surface area contributed by atoms with E-state index in [1.165, 1.54) is 7.11 Å². The Hall–Kier alpha value is -2.25. The van der Waals surface area contributed by atoms with Crippen LogP contribution in [0.3, 0.4) is 0 Å². The Morgan fingerprint density at radius 3 is 2.03 bits per heavy atom. The Bertz CT molecular complexity index is 1680. The summed E-state index contributed by atoms with van der Waals surface area (Å²) in [5.74, 6) is -2.52. The van der Waals surface area contributed by atoms with Gasteiger partial charge in [-0.25, -0.2) is 4.79 Å². The zero-order valence-electron chi connectivity index (χ0n) is 35.3. The van der Waals surface area contributed by atoms with Crippen LogP contribution in [0, 0.1) is 50.2 Å². The maximum absolute atomic E-state index is 14.7. The molecular weight excluding hydrogens is 772 g/mol. The quantitative estimate of drug-likeness (QED) is 0.103. The van der Waals surface area contributed by atoms with Gasteiger partial charge in [0.25, 0.3) is 0 Å². The van der Waals surface area contributed by atoms with Gasteiger partial charge >= 0.3 is 17.9 Å². The molecule has 8 N–H and O–H groups in total. The molecule has 16 nitrogen and oxygen atoms in total. The number of aliphatic hydroxyl groups is 7. The largest absolute Gasteiger partial charge is 0.479 e. The molecule has 16 heteroatoms. The van der Waals surface area contributed by atoms with Gasteiger partial charge in [0, 0.05) is 0 Å². The van der Waals surface area contributed by atoms with Crippen molar-refractivity contribution in [2.45, 2.75) is 173 Å². The standard InChI is InChI=1S/C43H66O16/c1-38(2)23-10-13-42(6)24(40(23,4)12-11-25(38)57-35-31(50)28(47)29(48)32(58-35)33(51)52)9-8-20-21-18-39(3,36(53)55-7)14-16-43(21,17-15-41(20,42)5)37(54)59-34-30(49)27(46)26(45)22(19-44)56-34/h8,21-32,34-35,44-50H,9-19H2,1-7H3,(H,51,52)/t21-,22+,23-,24+,25-,26+,27-,28-,29-,30+,31+,32-,34-,35+,39-,40-,41+,42+,43-/m0/s1. The number of hydrogen-bond acceptors (Lipinski definition) is 15. The van der Waals surface area contributed by atoms with Crippen LogP contribution in [0.1, 0.15) is 106 Å². The molecule has 0 aromatic carbocycles. The number of rotatable bonds is 7. The Morgan fingerprint density at radius 2 is 1.39 bits per heavy atom. The number of carbonyl (C=O) groups excluding carboxylic acids is 2. The predicted octanol–water partition coefficient (Wildman–Crippen LogP) is 1.56. The lowest BCUT2D eigenvalue weighted by molar-refractivity contribution is -0.324. The van der Waals surface area contributed by atoms with Gasteiger partial charge in [0.15, 0.2) is 12.4 Å². The van der Waals surface area contributed by atoms with Gasteiger partial charge in [-0.1, -0.05) is 46.3 Å². The van der Waals surface area contributed by atoms with Gasteiger partial charge < -0.3 is 64.5 Å². The normalized spacial score (nSPS) is 51.7. The maximum Gasteiger partial charge on any atom is 0.335 e. The SMILES string of the molecule is COC(=O)[C@@]1(C)CC[C@]2(C(=O)O[C@@H]3O[C@H](CO)[C@@H](O)[C@H](O)[C@H]3O)CC[C@]3(C)C(=CC[C@@H]4[C@@]5(C)CC[C@H](O[C@@H]6O[C@H](C(=O)O)[C@@H](O)[C@H](O)[C@H]6O)C(C)(C)[C@@H]5CC[C@]43C)[C@@H]2C1. The van der Waals surface area contributed by atoms with E-state index in [1.54, 1.807) is 0 Å². The van der Waals surface area contributed by atoms with E-state index in [0.717, 1.165) is 24.8 Å². The summed E-state index contributed by atoms with van der Waals surface area (Å²) in [6.45, 7) is 12.5. The van der Waals surface area contributed by atoms with E-state index < -0.39 is 114 Å². The summed E-state index contributed by atoms with van der Waals surface area (Å²) in [4.78, 5) is 39.9. The fourth-order valence-corrected chi connectivity index (χ4v) is 13.8. The summed E-state index contributed by atoms with van der Waals surface area (Å²) in [5, 5.41) is 82.6. The molecule has 6 fully saturated rings. The van der Waals surface area contributed by atoms with Gasteiger partial charge in [-0.15, -0.1) is 0 Å². The van der Waals surface area contributed by atoms with Crippen molar-refractivity contribution in [3.05, 3.63) is 11.6 Å². The van der Waals surface area contributed by atoms with E-state index in [1.807, 2.05) is 6.92 Å². The van der Waals surface area contributed by atoms with E-state index >= 15 is 0 Å². The van der Waals surface area contributed by atoms with Crippen LogP contribution in [0.15, 0.2) is 11.6 Å². The molecule has 7 rings (SSSR count). The summed E-state index contributed by atoms with van der Waals surface area (Å²) in [5.41, 5.74) is -2.15. The molecular formula is C43H66O16. The van der Waals surface area contributed by atoms with E-state index in [-0.39, 0.29) is 28.6 Å². The van der Waals surface area contributed by atoms with E-state index in [9.17, 15) is 55.2 Å². The van der Waals surface area contributed by atoms with Crippen molar-refractivity contribution >= 4 is 17.9 Å². The third-order valence-corrected chi connectivity index (χ3v) is 17.6. The average molecular weight is 839 g/mol. The summed E-state index contributed by atoms with van der Waals surface area (Å²) in [7, 11) is 1.37. The molecule has 19 atom stereocenters. The molecule has 334 valence electrons. The summed E-state index contributed by atoms with van der Waals surface area (Å²) >= 11 is 0. The van der Waals surface area contributed by atoms with Crippen molar-refractivity contribution < 1.29 is 78.9 Å². The predicted molar refractivity (Wildman–Crippen MR) is 204 cm³/mol. The molecule has 0 aromatic heterocycles. The lowest BCUT2D eigenvalue weighted by Crippen LogP contribution is -2.66. The van der Waals surface area contributed by atoms with Crippen LogP contribution in [-0.2, 0) is 38.1 Å².